The minimum Gasteiger partial charge on any atom is -0.507 e. The van der Waals surface area contributed by atoms with E-state index < -0.39 is 17.7 Å². The van der Waals surface area contributed by atoms with Crippen LogP contribution in [0.15, 0.2) is 54.2 Å². The van der Waals surface area contributed by atoms with Crippen molar-refractivity contribution in [1.29, 1.82) is 0 Å². The standard InChI is InChI=1S/C25H26N2O5/c1-15-9-10-20(32-3)17(13-15)23(28)21-22(18-14-26-19-8-5-4-7-16(18)19)27(11-6-12-31-2)25(30)24(21)29/h4-5,7-10,13-14,22,26,28H,6,11-12H2,1-3H3/b23-21+. The number of carbonyl (C=O) groups is 2. The van der Waals surface area contributed by atoms with Crippen molar-refractivity contribution in [2.24, 2.45) is 0 Å². The lowest BCUT2D eigenvalue weighted by Gasteiger charge is -2.25. The molecule has 0 radical (unpaired) electrons. The second kappa shape index (κ2) is 8.88. The normalized spacial score (nSPS) is 18.0. The van der Waals surface area contributed by atoms with Gasteiger partial charge in [-0.3, -0.25) is 9.59 Å². The summed E-state index contributed by atoms with van der Waals surface area (Å²) in [5.41, 5.74) is 2.97. The molecule has 0 spiro atoms. The molecule has 1 amide bonds. The van der Waals surface area contributed by atoms with E-state index in [4.69, 9.17) is 9.47 Å². The van der Waals surface area contributed by atoms with Crippen LogP contribution in [0.1, 0.15) is 29.2 Å². The number of aliphatic hydroxyl groups excluding tert-OH is 1. The zero-order valence-corrected chi connectivity index (χ0v) is 18.3. The number of Topliss-reactive ketones (excluding diaryl/α,β-unsaturated/α-hetero) is 1. The van der Waals surface area contributed by atoms with Gasteiger partial charge in [0.15, 0.2) is 0 Å². The number of aryl methyl sites for hydroxylation is 1. The van der Waals surface area contributed by atoms with Gasteiger partial charge in [-0.25, -0.2) is 0 Å². The van der Waals surface area contributed by atoms with E-state index in [0.29, 0.717) is 30.9 Å². The Bertz CT molecular complexity index is 1210. The van der Waals surface area contributed by atoms with E-state index in [-0.39, 0.29) is 11.3 Å². The topological polar surface area (TPSA) is 91.9 Å². The van der Waals surface area contributed by atoms with E-state index in [1.807, 2.05) is 37.3 Å². The van der Waals surface area contributed by atoms with Crippen molar-refractivity contribution in [1.82, 2.24) is 9.88 Å². The predicted octanol–water partition coefficient (Wildman–Crippen LogP) is 3.94. The number of nitrogens with zero attached hydrogens (tertiary/aromatic N) is 1. The Labute approximate surface area is 186 Å². The van der Waals surface area contributed by atoms with E-state index >= 15 is 0 Å². The number of para-hydroxylation sites is 1. The van der Waals surface area contributed by atoms with Crippen LogP contribution >= 0.6 is 0 Å². The summed E-state index contributed by atoms with van der Waals surface area (Å²) in [6.45, 7) is 2.66. The fraction of sp³-hybridized carbons (Fsp3) is 0.280. The van der Waals surface area contributed by atoms with Crippen LogP contribution in [0.25, 0.3) is 16.7 Å². The molecule has 1 fully saturated rings. The second-order valence-electron chi connectivity index (χ2n) is 7.83. The highest BCUT2D eigenvalue weighted by molar-refractivity contribution is 6.46. The van der Waals surface area contributed by atoms with Crippen molar-refractivity contribution in [3.63, 3.8) is 0 Å². The van der Waals surface area contributed by atoms with E-state index in [9.17, 15) is 14.7 Å². The molecule has 166 valence electrons. The molecule has 2 N–H and O–H groups in total. The number of hydrogen-bond acceptors (Lipinski definition) is 5. The average molecular weight is 434 g/mol. The number of H-pyrrole nitrogens is 1. The van der Waals surface area contributed by atoms with E-state index in [1.165, 1.54) is 12.0 Å². The molecule has 2 aromatic carbocycles. The highest BCUT2D eigenvalue weighted by Crippen LogP contribution is 2.43. The van der Waals surface area contributed by atoms with Gasteiger partial charge >= 0.3 is 0 Å². The molecule has 0 saturated carbocycles. The number of nitrogens with one attached hydrogen (secondary N) is 1. The Morgan fingerprint density at radius 1 is 1.16 bits per heavy atom. The first-order chi connectivity index (χ1) is 15.5. The third-order valence-corrected chi connectivity index (χ3v) is 5.81. The zero-order chi connectivity index (χ0) is 22.8. The molecule has 7 nitrogen and oxygen atoms in total. The molecule has 7 heteroatoms. The molecule has 1 unspecified atom stereocenters. The van der Waals surface area contributed by atoms with Crippen LogP contribution in [0.5, 0.6) is 5.75 Å². The predicted molar refractivity (Wildman–Crippen MR) is 122 cm³/mol. The molecule has 3 aromatic rings. The minimum atomic E-state index is -0.728. The number of hydrogen-bond donors (Lipinski definition) is 2. The maximum absolute atomic E-state index is 13.2. The molecular weight excluding hydrogens is 408 g/mol. The molecule has 1 atom stereocenters. The Morgan fingerprint density at radius 3 is 2.69 bits per heavy atom. The smallest absolute Gasteiger partial charge is 0.295 e. The summed E-state index contributed by atoms with van der Waals surface area (Å²) in [5.74, 6) is -1.16. The van der Waals surface area contributed by atoms with Gasteiger partial charge in [-0.2, -0.15) is 0 Å². The van der Waals surface area contributed by atoms with E-state index in [1.54, 1.807) is 25.4 Å². The van der Waals surface area contributed by atoms with Crippen LogP contribution in [-0.2, 0) is 14.3 Å². The number of rotatable bonds is 7. The first-order valence-electron chi connectivity index (χ1n) is 10.5. The van der Waals surface area contributed by atoms with Gasteiger partial charge in [0, 0.05) is 42.9 Å². The van der Waals surface area contributed by atoms with Crippen LogP contribution in [0, 0.1) is 6.92 Å². The number of carbonyl (C=O) groups excluding carboxylic acids is 2. The summed E-state index contributed by atoms with van der Waals surface area (Å²) in [4.78, 5) is 31.0. The summed E-state index contributed by atoms with van der Waals surface area (Å²) >= 11 is 0. The largest absolute Gasteiger partial charge is 0.507 e. The van der Waals surface area contributed by atoms with Crippen molar-refractivity contribution in [3.05, 3.63) is 70.9 Å². The van der Waals surface area contributed by atoms with Crippen LogP contribution in [-0.4, -0.2) is 54.1 Å². The summed E-state index contributed by atoms with van der Waals surface area (Å²) in [5, 5.41) is 12.2. The molecule has 1 saturated heterocycles. The third kappa shape index (κ3) is 3.65. The number of likely N-dealkylation sites (tertiary alicyclic amines) is 1. The van der Waals surface area contributed by atoms with Gasteiger partial charge in [0.05, 0.1) is 24.3 Å². The van der Waals surface area contributed by atoms with E-state index in [0.717, 1.165) is 22.0 Å². The van der Waals surface area contributed by atoms with E-state index in [2.05, 4.69) is 4.98 Å². The Kier molecular flexibility index (Phi) is 6.01. The quantitative estimate of drug-likeness (QED) is 0.254. The van der Waals surface area contributed by atoms with Gasteiger partial charge < -0.3 is 24.5 Å². The van der Waals surface area contributed by atoms with Gasteiger partial charge in [-0.1, -0.05) is 29.8 Å². The molecular formula is C25H26N2O5. The van der Waals surface area contributed by atoms with Crippen molar-refractivity contribution in [3.8, 4) is 5.75 Å². The lowest BCUT2D eigenvalue weighted by Crippen LogP contribution is -2.31. The third-order valence-electron chi connectivity index (χ3n) is 5.81. The number of methoxy groups -OCH3 is 2. The zero-order valence-electron chi connectivity index (χ0n) is 18.3. The number of aromatic nitrogens is 1. The van der Waals surface area contributed by atoms with Crippen molar-refractivity contribution in [2.45, 2.75) is 19.4 Å². The fourth-order valence-corrected chi connectivity index (χ4v) is 4.29. The first kappa shape index (κ1) is 21.6. The number of ether oxygens (including phenoxy) is 2. The lowest BCUT2D eigenvalue weighted by molar-refractivity contribution is -0.140. The molecule has 1 aliphatic rings. The number of amides is 1. The van der Waals surface area contributed by atoms with Crippen LogP contribution in [0.3, 0.4) is 0 Å². The second-order valence-corrected chi connectivity index (χ2v) is 7.83. The van der Waals surface area contributed by atoms with Crippen molar-refractivity contribution in [2.75, 3.05) is 27.4 Å². The highest BCUT2D eigenvalue weighted by atomic mass is 16.5. The number of benzene rings is 2. The summed E-state index contributed by atoms with van der Waals surface area (Å²) < 4.78 is 10.6. The Balaban J connectivity index is 1.93. The molecule has 1 aromatic heterocycles. The highest BCUT2D eigenvalue weighted by Gasteiger charge is 2.46. The number of fused-ring (bicyclic) bond motifs is 1. The monoisotopic (exact) mass is 434 g/mol. The average Bonchev–Trinajstić information content (AvgIpc) is 3.33. The van der Waals surface area contributed by atoms with Crippen LogP contribution in [0.2, 0.25) is 0 Å². The molecule has 4 rings (SSSR count). The Morgan fingerprint density at radius 2 is 1.94 bits per heavy atom. The van der Waals surface area contributed by atoms with Crippen molar-refractivity contribution >= 4 is 28.4 Å². The van der Waals surface area contributed by atoms with Gasteiger partial charge in [0.2, 0.25) is 0 Å². The van der Waals surface area contributed by atoms with Gasteiger partial charge in [-0.05, 0) is 31.5 Å². The number of ketones is 1. The van der Waals surface area contributed by atoms with Crippen LogP contribution < -0.4 is 4.74 Å². The molecule has 1 aliphatic heterocycles. The number of aromatic amines is 1. The van der Waals surface area contributed by atoms with Crippen LogP contribution in [0.4, 0.5) is 0 Å². The molecule has 0 aliphatic carbocycles. The molecule has 32 heavy (non-hydrogen) atoms. The summed E-state index contributed by atoms with van der Waals surface area (Å²) in [6, 6.07) is 12.3. The van der Waals surface area contributed by atoms with Crippen molar-refractivity contribution < 1.29 is 24.2 Å². The van der Waals surface area contributed by atoms with Gasteiger partial charge in [0.1, 0.15) is 11.5 Å². The molecule has 2 heterocycles. The summed E-state index contributed by atoms with van der Waals surface area (Å²) in [6.07, 6.45) is 2.36. The first-order valence-corrected chi connectivity index (χ1v) is 10.5. The fourth-order valence-electron chi connectivity index (χ4n) is 4.29. The maximum atomic E-state index is 13.2. The number of aliphatic hydroxyl groups is 1. The Hall–Kier alpha value is -3.58. The van der Waals surface area contributed by atoms with Gasteiger partial charge in [-0.15, -0.1) is 0 Å². The summed E-state index contributed by atoms with van der Waals surface area (Å²) in [7, 11) is 3.09. The molecule has 0 bridgehead atoms. The lowest BCUT2D eigenvalue weighted by atomic mass is 9.94. The SMILES string of the molecule is COCCCN1C(=O)C(=O)/C(=C(/O)c2cc(C)ccc2OC)C1c1c[nH]c2ccccc12. The van der Waals surface area contributed by atoms with Gasteiger partial charge in [0.25, 0.3) is 11.7 Å². The maximum Gasteiger partial charge on any atom is 0.295 e. The minimum absolute atomic E-state index is 0.0565.